The van der Waals surface area contributed by atoms with Gasteiger partial charge in [0, 0.05) is 5.39 Å². The molecule has 0 spiro atoms. The van der Waals surface area contributed by atoms with Crippen LogP contribution < -0.4 is 11.1 Å². The van der Waals surface area contributed by atoms with Gasteiger partial charge in [0.05, 0.1) is 23.0 Å². The summed E-state index contributed by atoms with van der Waals surface area (Å²) < 4.78 is 27.0. The van der Waals surface area contributed by atoms with Gasteiger partial charge in [0.25, 0.3) is 12.3 Å². The van der Waals surface area contributed by atoms with Crippen molar-refractivity contribution in [3.63, 3.8) is 0 Å². The van der Waals surface area contributed by atoms with Gasteiger partial charge in [-0.15, -0.1) is 11.3 Å². The first-order valence-corrected chi connectivity index (χ1v) is 8.48. The van der Waals surface area contributed by atoms with Crippen molar-refractivity contribution in [1.29, 1.82) is 0 Å². The number of nitrogens with one attached hydrogen (secondary N) is 1. The van der Waals surface area contributed by atoms with Gasteiger partial charge in [0.2, 0.25) is 5.91 Å². The lowest BCUT2D eigenvalue weighted by Gasteiger charge is -2.07. The van der Waals surface area contributed by atoms with E-state index in [1.54, 1.807) is 6.92 Å². The number of primary amides is 1. The maximum Gasteiger partial charge on any atom is 0.389 e. The van der Waals surface area contributed by atoms with Crippen LogP contribution in [0.15, 0.2) is 18.3 Å². The molecule has 3 N–H and O–H groups in total. The minimum atomic E-state index is -2.80. The minimum absolute atomic E-state index is 0.0446. The molecule has 3 rings (SSSR count). The number of hydrogen-bond acceptors (Lipinski definition) is 7. The second-order valence-electron chi connectivity index (χ2n) is 5.69. The van der Waals surface area contributed by atoms with Crippen LogP contribution in [0.2, 0.25) is 0 Å². The SMILES string of the molecule is Cc1cc(C(F)F)nc2sc(C(N)=O)c(NC(=O)Cn3ccc([N+](=O)[O-])n3)c12. The van der Waals surface area contributed by atoms with E-state index < -0.39 is 34.7 Å². The van der Waals surface area contributed by atoms with E-state index in [0.717, 1.165) is 28.2 Å². The predicted molar refractivity (Wildman–Crippen MR) is 95.3 cm³/mol. The molecule has 0 bridgehead atoms. The maximum atomic E-state index is 13.0. The third-order valence-corrected chi connectivity index (χ3v) is 4.81. The van der Waals surface area contributed by atoms with Gasteiger partial charge < -0.3 is 21.2 Å². The highest BCUT2D eigenvalue weighted by atomic mass is 32.1. The largest absolute Gasteiger partial charge is 0.389 e. The van der Waals surface area contributed by atoms with Crippen LogP contribution in [0.25, 0.3) is 10.2 Å². The van der Waals surface area contributed by atoms with E-state index in [4.69, 9.17) is 5.73 Å². The van der Waals surface area contributed by atoms with E-state index in [1.165, 1.54) is 6.20 Å². The zero-order valence-corrected chi connectivity index (χ0v) is 15.0. The van der Waals surface area contributed by atoms with Crippen LogP contribution in [0, 0.1) is 17.0 Å². The topological polar surface area (TPSA) is 146 Å². The molecule has 2 amide bonds. The first kappa shape index (κ1) is 19.3. The number of pyridine rings is 1. The molecule has 0 fully saturated rings. The van der Waals surface area contributed by atoms with Crippen molar-refractivity contribution in [3.8, 4) is 0 Å². The quantitative estimate of drug-likeness (QED) is 0.471. The molecular formula is C15H12F2N6O4S. The molecule has 0 unspecified atom stereocenters. The monoisotopic (exact) mass is 410 g/mol. The van der Waals surface area contributed by atoms with E-state index in [1.807, 2.05) is 0 Å². The number of thiophene rings is 1. The average molecular weight is 410 g/mol. The number of nitrogens with two attached hydrogens (primary N) is 1. The number of halogens is 2. The van der Waals surface area contributed by atoms with Crippen LogP contribution in [0.4, 0.5) is 20.3 Å². The van der Waals surface area contributed by atoms with Crippen LogP contribution >= 0.6 is 11.3 Å². The Kier molecular flexibility index (Phi) is 5.00. The smallest absolute Gasteiger partial charge is 0.365 e. The van der Waals surface area contributed by atoms with Crippen molar-refractivity contribution in [2.75, 3.05) is 5.32 Å². The Morgan fingerprint density at radius 3 is 2.75 bits per heavy atom. The Morgan fingerprint density at radius 2 is 2.18 bits per heavy atom. The van der Waals surface area contributed by atoms with E-state index in [-0.39, 0.29) is 21.9 Å². The first-order chi connectivity index (χ1) is 13.2. The first-order valence-electron chi connectivity index (χ1n) is 7.67. The molecule has 146 valence electrons. The lowest BCUT2D eigenvalue weighted by molar-refractivity contribution is -0.389. The molecule has 0 aliphatic rings. The fourth-order valence-corrected chi connectivity index (χ4v) is 3.64. The number of carbonyl (C=O) groups is 2. The molecule has 13 heteroatoms. The molecule has 28 heavy (non-hydrogen) atoms. The normalized spacial score (nSPS) is 11.1. The summed E-state index contributed by atoms with van der Waals surface area (Å²) in [5.41, 5.74) is 5.33. The van der Waals surface area contributed by atoms with Crippen LogP contribution in [0.3, 0.4) is 0 Å². The molecule has 0 aliphatic heterocycles. The van der Waals surface area contributed by atoms with Crippen LogP contribution in [-0.2, 0) is 11.3 Å². The third kappa shape index (κ3) is 3.64. The number of amides is 2. The maximum absolute atomic E-state index is 13.0. The number of carbonyl (C=O) groups excluding carboxylic acids is 2. The van der Waals surface area contributed by atoms with Crippen molar-refractivity contribution in [2.24, 2.45) is 5.73 Å². The summed E-state index contributed by atoms with van der Waals surface area (Å²) >= 11 is 0.789. The lowest BCUT2D eigenvalue weighted by atomic mass is 10.1. The number of fused-ring (bicyclic) bond motifs is 1. The second-order valence-corrected chi connectivity index (χ2v) is 6.69. The van der Waals surface area contributed by atoms with Gasteiger partial charge in [0.15, 0.2) is 0 Å². The zero-order valence-electron chi connectivity index (χ0n) is 14.2. The van der Waals surface area contributed by atoms with E-state index >= 15 is 0 Å². The highest BCUT2D eigenvalue weighted by Gasteiger charge is 2.23. The number of alkyl halides is 2. The van der Waals surface area contributed by atoms with Crippen molar-refractivity contribution >= 4 is 44.9 Å². The summed E-state index contributed by atoms with van der Waals surface area (Å²) in [6.45, 7) is 1.17. The molecule has 3 heterocycles. The zero-order chi connectivity index (χ0) is 20.6. The average Bonchev–Trinajstić information content (AvgIpc) is 3.20. The predicted octanol–water partition coefficient (Wildman–Crippen LogP) is 2.38. The standard InChI is InChI=1S/C15H12F2N6O4S/c1-6-4-7(13(16)17)19-15-10(6)11(12(28-15)14(18)25)20-9(24)5-22-3-2-8(21-22)23(26)27/h2-4,13H,5H2,1H3,(H2,18,25)(H,20,24). The van der Waals surface area contributed by atoms with Crippen LogP contribution in [0.5, 0.6) is 0 Å². The number of nitrogens with zero attached hydrogens (tertiary/aromatic N) is 4. The van der Waals surface area contributed by atoms with Gasteiger partial charge in [0.1, 0.15) is 21.9 Å². The van der Waals surface area contributed by atoms with Gasteiger partial charge >= 0.3 is 5.82 Å². The minimum Gasteiger partial charge on any atom is -0.365 e. The van der Waals surface area contributed by atoms with Gasteiger partial charge in [-0.2, -0.15) is 4.68 Å². The second kappa shape index (κ2) is 7.26. The number of hydrogen-bond donors (Lipinski definition) is 2. The fraction of sp³-hybridized carbons (Fsp3) is 0.200. The van der Waals surface area contributed by atoms with E-state index in [2.05, 4.69) is 15.4 Å². The van der Waals surface area contributed by atoms with E-state index in [0.29, 0.717) is 10.9 Å². The lowest BCUT2D eigenvalue weighted by Crippen LogP contribution is -2.21. The highest BCUT2D eigenvalue weighted by Crippen LogP contribution is 2.38. The molecule has 0 saturated carbocycles. The van der Waals surface area contributed by atoms with E-state index in [9.17, 15) is 28.5 Å². The van der Waals surface area contributed by atoms with Gasteiger partial charge in [-0.05, 0) is 23.5 Å². The number of aromatic nitrogens is 3. The van der Waals surface area contributed by atoms with Crippen molar-refractivity contribution in [1.82, 2.24) is 14.8 Å². The Labute approximate surface area is 159 Å². The third-order valence-electron chi connectivity index (χ3n) is 3.71. The molecule has 0 aromatic carbocycles. The molecule has 0 saturated heterocycles. The molecule has 10 nitrogen and oxygen atoms in total. The summed E-state index contributed by atoms with van der Waals surface area (Å²) in [6.07, 6.45) is -1.55. The van der Waals surface area contributed by atoms with Crippen molar-refractivity contribution < 1.29 is 23.3 Å². The summed E-state index contributed by atoms with van der Waals surface area (Å²) in [7, 11) is 0. The Bertz CT molecular complexity index is 1110. The molecular weight excluding hydrogens is 398 g/mol. The van der Waals surface area contributed by atoms with Gasteiger partial charge in [-0.3, -0.25) is 9.59 Å². The molecule has 0 aliphatic carbocycles. The number of aryl methyl sites for hydroxylation is 1. The molecule has 3 aromatic rings. The Morgan fingerprint density at radius 1 is 1.46 bits per heavy atom. The molecule has 0 atom stereocenters. The number of rotatable bonds is 6. The Hall–Kier alpha value is -3.48. The van der Waals surface area contributed by atoms with Crippen LogP contribution in [0.1, 0.15) is 27.4 Å². The number of anilines is 1. The summed E-state index contributed by atoms with van der Waals surface area (Å²) in [5.74, 6) is -1.92. The highest BCUT2D eigenvalue weighted by molar-refractivity contribution is 7.21. The van der Waals surface area contributed by atoms with Crippen molar-refractivity contribution in [3.05, 3.63) is 44.6 Å². The van der Waals surface area contributed by atoms with Gasteiger partial charge in [-0.1, -0.05) is 0 Å². The summed E-state index contributed by atoms with van der Waals surface area (Å²) in [4.78, 5) is 38.0. The summed E-state index contributed by atoms with van der Waals surface area (Å²) in [6, 6.07) is 2.29. The van der Waals surface area contributed by atoms with Crippen LogP contribution in [-0.4, -0.2) is 31.5 Å². The summed E-state index contributed by atoms with van der Waals surface area (Å²) in [5, 5.41) is 17.1. The van der Waals surface area contributed by atoms with Gasteiger partial charge in [-0.25, -0.2) is 13.8 Å². The number of nitro groups is 1. The molecule has 3 aromatic heterocycles. The fourth-order valence-electron chi connectivity index (χ4n) is 2.57. The van der Waals surface area contributed by atoms with Crippen molar-refractivity contribution in [2.45, 2.75) is 19.9 Å². The Balaban J connectivity index is 1.96. The molecule has 0 radical (unpaired) electrons.